The summed E-state index contributed by atoms with van der Waals surface area (Å²) in [6.07, 6.45) is 13.8. The highest BCUT2D eigenvalue weighted by Gasteiger charge is 2.20. The van der Waals surface area contributed by atoms with E-state index < -0.39 is 0 Å². The first-order valence-electron chi connectivity index (χ1n) is 19.9. The van der Waals surface area contributed by atoms with Crippen LogP contribution in [0.5, 0.6) is 0 Å². The van der Waals surface area contributed by atoms with Crippen LogP contribution in [0.15, 0.2) is 121 Å². The zero-order valence-electron chi connectivity index (χ0n) is 31.2. The Labute approximate surface area is 310 Å². The summed E-state index contributed by atoms with van der Waals surface area (Å²) in [7, 11) is 0. The van der Waals surface area contributed by atoms with Crippen molar-refractivity contribution in [3.8, 4) is 33.6 Å². The van der Waals surface area contributed by atoms with Crippen molar-refractivity contribution in [2.45, 2.75) is 97.6 Å². The molecule has 0 spiro atoms. The van der Waals surface area contributed by atoms with Crippen molar-refractivity contribution in [2.24, 2.45) is 0 Å². The molecule has 0 aliphatic carbocycles. The Hall–Kier alpha value is -4.73. The van der Waals surface area contributed by atoms with Gasteiger partial charge in [0.05, 0.1) is 17.6 Å². The van der Waals surface area contributed by atoms with Crippen LogP contribution in [0.1, 0.15) is 90.0 Å². The minimum atomic E-state index is 0.655. The predicted octanol–water partition coefficient (Wildman–Crippen LogP) is 14.2. The number of nitrogens with zero attached hydrogens (tertiary/aromatic N) is 2. The molecule has 3 heteroatoms. The summed E-state index contributed by atoms with van der Waals surface area (Å²) in [6.45, 7) is 6.98. The smallest absolute Gasteiger partial charge is 0.141 e. The molecule has 266 valence electrons. The van der Waals surface area contributed by atoms with Gasteiger partial charge < -0.3 is 9.30 Å². The van der Waals surface area contributed by atoms with Gasteiger partial charge in [-0.15, -0.1) is 0 Å². The molecule has 6 aromatic carbocycles. The third kappa shape index (κ3) is 8.16. The number of benzene rings is 6. The van der Waals surface area contributed by atoms with Crippen molar-refractivity contribution >= 4 is 32.6 Å². The lowest BCUT2D eigenvalue weighted by Crippen LogP contribution is -2.02. The number of rotatable bonds is 18. The average molecular weight is 687 g/mol. The van der Waals surface area contributed by atoms with Crippen LogP contribution >= 0.6 is 0 Å². The van der Waals surface area contributed by atoms with E-state index in [-0.39, 0.29) is 0 Å². The molecule has 0 aliphatic heterocycles. The first-order chi connectivity index (χ1) is 25.7. The molecule has 1 heterocycles. The highest BCUT2D eigenvalue weighted by molar-refractivity contribution is 6.25. The lowest BCUT2D eigenvalue weighted by molar-refractivity contribution is 0.116. The highest BCUT2D eigenvalue weighted by Crippen LogP contribution is 2.41. The minimum Gasteiger partial charge on any atom is -0.377 e. The maximum atomic E-state index is 6.08. The van der Waals surface area contributed by atoms with E-state index in [2.05, 4.69) is 140 Å². The molecule has 0 atom stereocenters. The molecule has 7 rings (SSSR count). The molecule has 0 N–H and O–H groups in total. The fourth-order valence-electron chi connectivity index (χ4n) is 7.72. The molecule has 0 saturated carbocycles. The largest absolute Gasteiger partial charge is 0.377 e. The molecule has 0 unspecified atom stereocenters. The van der Waals surface area contributed by atoms with Crippen molar-refractivity contribution in [3.05, 3.63) is 127 Å². The number of unbranched alkanes of at least 4 members (excludes halogenated alkanes) is 9. The number of fused-ring (bicyclic) bond motifs is 6. The molecule has 0 saturated heterocycles. The van der Waals surface area contributed by atoms with Gasteiger partial charge in [0.1, 0.15) is 5.82 Å². The lowest BCUT2D eigenvalue weighted by atomic mass is 9.94. The van der Waals surface area contributed by atoms with Crippen molar-refractivity contribution in [1.29, 1.82) is 0 Å². The maximum absolute atomic E-state index is 6.08. The molecule has 0 radical (unpaired) electrons. The van der Waals surface area contributed by atoms with Gasteiger partial charge in [0, 0.05) is 29.5 Å². The van der Waals surface area contributed by atoms with Crippen molar-refractivity contribution in [3.63, 3.8) is 0 Å². The van der Waals surface area contributed by atoms with Crippen molar-refractivity contribution in [2.75, 3.05) is 6.61 Å². The first-order valence-corrected chi connectivity index (χ1v) is 19.9. The summed E-state index contributed by atoms with van der Waals surface area (Å²) >= 11 is 0. The Morgan fingerprint density at radius 3 is 1.65 bits per heavy atom. The molecule has 3 nitrogen and oxygen atoms in total. The van der Waals surface area contributed by atoms with Gasteiger partial charge in [-0.3, -0.25) is 0 Å². The van der Waals surface area contributed by atoms with Gasteiger partial charge in [0.25, 0.3) is 0 Å². The zero-order chi connectivity index (χ0) is 35.5. The highest BCUT2D eigenvalue weighted by atomic mass is 16.5. The lowest BCUT2D eigenvalue weighted by Gasteiger charge is -2.14. The van der Waals surface area contributed by atoms with Gasteiger partial charge in [-0.1, -0.05) is 181 Å². The standard InChI is InChI=1S/C49H54N2O/c1-3-5-7-9-10-18-32-51-48-46-35-42(39-22-16-13-17-23-39)29-31-44(46)43-30-28-41(38-20-14-12-15-21-38)34-45(43)47(48)50-49(51)40-26-24-37(25-27-40)36-52-33-19-11-8-6-4-2/h12-17,20-31,34-35H,3-11,18-19,32-33,36H2,1-2H3. The fourth-order valence-corrected chi connectivity index (χ4v) is 7.72. The van der Waals surface area contributed by atoms with E-state index in [4.69, 9.17) is 9.72 Å². The van der Waals surface area contributed by atoms with E-state index in [1.807, 2.05) is 0 Å². The summed E-state index contributed by atoms with van der Waals surface area (Å²) in [5, 5.41) is 5.01. The zero-order valence-corrected chi connectivity index (χ0v) is 31.2. The third-order valence-corrected chi connectivity index (χ3v) is 10.6. The molecule has 0 aliphatic rings. The molecule has 52 heavy (non-hydrogen) atoms. The molecule has 1 aromatic heterocycles. The summed E-state index contributed by atoms with van der Waals surface area (Å²) in [6, 6.07) is 44.5. The van der Waals surface area contributed by atoms with Gasteiger partial charge in [-0.05, 0) is 63.6 Å². The van der Waals surface area contributed by atoms with Crippen LogP contribution in [0.2, 0.25) is 0 Å². The van der Waals surface area contributed by atoms with Crippen LogP contribution in [-0.4, -0.2) is 16.2 Å². The number of aromatic nitrogens is 2. The van der Waals surface area contributed by atoms with Crippen LogP contribution in [0.4, 0.5) is 0 Å². The number of hydrogen-bond donors (Lipinski definition) is 0. The summed E-state index contributed by atoms with van der Waals surface area (Å²) in [5.74, 6) is 1.05. The SMILES string of the molecule is CCCCCCCCn1c(-c2ccc(COCCCCCCC)cc2)nc2c3cc(-c4ccccc4)ccc3c3ccc(-c4ccccc4)cc3c21. The van der Waals surface area contributed by atoms with Crippen LogP contribution < -0.4 is 0 Å². The minimum absolute atomic E-state index is 0.655. The molecule has 7 aromatic rings. The van der Waals surface area contributed by atoms with E-state index in [1.165, 1.54) is 113 Å². The maximum Gasteiger partial charge on any atom is 0.141 e. The number of ether oxygens (including phenoxy) is 1. The third-order valence-electron chi connectivity index (χ3n) is 10.6. The summed E-state index contributed by atoms with van der Waals surface area (Å²) in [5.41, 5.74) is 9.61. The quantitative estimate of drug-likeness (QED) is 0.0664. The summed E-state index contributed by atoms with van der Waals surface area (Å²) < 4.78 is 8.63. The Morgan fingerprint density at radius 2 is 1.02 bits per heavy atom. The average Bonchev–Trinajstić information content (AvgIpc) is 3.59. The molecule has 0 amide bonds. The van der Waals surface area contributed by atoms with Gasteiger partial charge >= 0.3 is 0 Å². The van der Waals surface area contributed by atoms with Crippen LogP contribution in [0, 0.1) is 0 Å². The first kappa shape index (κ1) is 35.7. The predicted molar refractivity (Wildman–Crippen MR) is 223 cm³/mol. The van der Waals surface area contributed by atoms with Gasteiger partial charge in [0.2, 0.25) is 0 Å². The second-order valence-electron chi connectivity index (χ2n) is 14.5. The summed E-state index contributed by atoms with van der Waals surface area (Å²) in [4.78, 5) is 5.60. The number of aryl methyl sites for hydroxylation is 1. The monoisotopic (exact) mass is 686 g/mol. The van der Waals surface area contributed by atoms with E-state index in [0.29, 0.717) is 6.61 Å². The number of hydrogen-bond acceptors (Lipinski definition) is 2. The van der Waals surface area contributed by atoms with Crippen molar-refractivity contribution < 1.29 is 4.74 Å². The van der Waals surface area contributed by atoms with Gasteiger partial charge in [-0.2, -0.15) is 0 Å². The molecular weight excluding hydrogens is 633 g/mol. The number of imidazole rings is 1. The normalized spacial score (nSPS) is 11.7. The fraction of sp³-hybridized carbons (Fsp3) is 0.327. The van der Waals surface area contributed by atoms with Gasteiger partial charge in [0.15, 0.2) is 0 Å². The van der Waals surface area contributed by atoms with E-state index in [1.54, 1.807) is 0 Å². The van der Waals surface area contributed by atoms with E-state index in [9.17, 15) is 0 Å². The Balaban J connectivity index is 1.34. The van der Waals surface area contributed by atoms with Crippen LogP contribution in [0.3, 0.4) is 0 Å². The molecule has 0 fully saturated rings. The molecular formula is C49H54N2O. The second kappa shape index (κ2) is 17.7. The topological polar surface area (TPSA) is 27.1 Å². The van der Waals surface area contributed by atoms with E-state index in [0.717, 1.165) is 42.9 Å². The Bertz CT molecular complexity index is 2180. The Morgan fingerprint density at radius 1 is 0.481 bits per heavy atom. The van der Waals surface area contributed by atoms with Crippen LogP contribution in [0.25, 0.3) is 66.2 Å². The Kier molecular flexibility index (Phi) is 12.1. The van der Waals surface area contributed by atoms with Crippen molar-refractivity contribution in [1.82, 2.24) is 9.55 Å². The molecule has 0 bridgehead atoms. The van der Waals surface area contributed by atoms with Gasteiger partial charge in [-0.25, -0.2) is 4.98 Å². The van der Waals surface area contributed by atoms with Crippen LogP contribution in [-0.2, 0) is 17.9 Å². The van der Waals surface area contributed by atoms with E-state index >= 15 is 0 Å². The second-order valence-corrected chi connectivity index (χ2v) is 14.5.